The number of likely N-dealkylation sites (tertiary alicyclic amines) is 1. The summed E-state index contributed by atoms with van der Waals surface area (Å²) in [5.41, 5.74) is 0.912. The van der Waals surface area contributed by atoms with Gasteiger partial charge in [0, 0.05) is 0 Å². The Morgan fingerprint density at radius 3 is 2.50 bits per heavy atom. The molecule has 98 valence electrons. The zero-order chi connectivity index (χ0) is 13.0. The van der Waals surface area contributed by atoms with Crippen molar-refractivity contribution in [3.63, 3.8) is 0 Å². The predicted octanol–water partition coefficient (Wildman–Crippen LogP) is 2.40. The van der Waals surface area contributed by atoms with E-state index in [-0.39, 0.29) is 11.9 Å². The first-order valence-corrected chi connectivity index (χ1v) is 6.22. The molecule has 1 aliphatic heterocycles. The number of nitrogens with zero attached hydrogens (tertiary/aromatic N) is 3. The molecule has 1 aliphatic rings. The lowest BCUT2D eigenvalue weighted by molar-refractivity contribution is 0.116. The molecule has 1 fully saturated rings. The number of piperidine rings is 1. The van der Waals surface area contributed by atoms with Crippen molar-refractivity contribution in [2.75, 3.05) is 20.1 Å². The molecule has 4 nitrogen and oxygen atoms in total. The van der Waals surface area contributed by atoms with Crippen LogP contribution < -0.4 is 0 Å². The smallest absolute Gasteiger partial charge is 0.123 e. The lowest BCUT2D eigenvalue weighted by atomic mass is 10.0. The van der Waals surface area contributed by atoms with Crippen molar-refractivity contribution in [1.82, 2.24) is 9.91 Å². The summed E-state index contributed by atoms with van der Waals surface area (Å²) in [6.07, 6.45) is 1.90. The molecule has 0 bridgehead atoms. The average Bonchev–Trinajstić information content (AvgIpc) is 2.39. The third kappa shape index (κ3) is 3.26. The number of hydrogen-bond acceptors (Lipinski definition) is 3. The number of halogens is 1. The first kappa shape index (κ1) is 13.0. The molecule has 0 aromatic heterocycles. The van der Waals surface area contributed by atoms with Crippen LogP contribution in [0.4, 0.5) is 4.39 Å². The van der Waals surface area contributed by atoms with Gasteiger partial charge in [0.05, 0.1) is 17.9 Å². The monoisotopic (exact) mass is 251 g/mol. The third-order valence-electron chi connectivity index (χ3n) is 3.47. The van der Waals surface area contributed by atoms with Crippen LogP contribution >= 0.6 is 0 Å². The topological polar surface area (TPSA) is 35.9 Å². The van der Waals surface area contributed by atoms with E-state index < -0.39 is 0 Å². The van der Waals surface area contributed by atoms with Gasteiger partial charge in [-0.15, -0.1) is 4.91 Å². The van der Waals surface area contributed by atoms with Gasteiger partial charge in [-0.3, -0.25) is 5.01 Å². The Labute approximate surface area is 106 Å². The van der Waals surface area contributed by atoms with E-state index in [1.165, 1.54) is 12.1 Å². The van der Waals surface area contributed by atoms with Crippen LogP contribution in [0.1, 0.15) is 18.4 Å². The lowest BCUT2D eigenvalue weighted by Gasteiger charge is -2.33. The Kier molecular flexibility index (Phi) is 4.25. The van der Waals surface area contributed by atoms with E-state index in [1.54, 1.807) is 17.1 Å². The van der Waals surface area contributed by atoms with Crippen LogP contribution in [0.3, 0.4) is 0 Å². The van der Waals surface area contributed by atoms with Crippen LogP contribution in [0.25, 0.3) is 0 Å². The summed E-state index contributed by atoms with van der Waals surface area (Å²) in [6.45, 7) is 2.43. The van der Waals surface area contributed by atoms with E-state index in [9.17, 15) is 9.30 Å². The van der Waals surface area contributed by atoms with Gasteiger partial charge < -0.3 is 4.90 Å². The molecule has 0 aliphatic carbocycles. The lowest BCUT2D eigenvalue weighted by Crippen LogP contribution is -2.40. The minimum absolute atomic E-state index is 0.198. The molecule has 0 unspecified atom stereocenters. The van der Waals surface area contributed by atoms with Crippen molar-refractivity contribution in [3.05, 3.63) is 40.6 Å². The second-order valence-corrected chi connectivity index (χ2v) is 4.84. The zero-order valence-corrected chi connectivity index (χ0v) is 10.6. The van der Waals surface area contributed by atoms with Crippen LogP contribution in [-0.2, 0) is 6.54 Å². The second kappa shape index (κ2) is 5.91. The first-order valence-electron chi connectivity index (χ1n) is 6.22. The standard InChI is InChI=1S/C13H18FN3O/c1-16-8-6-13(7-9-16)17(15-18)10-11-2-4-12(14)5-3-11/h2-5,13H,6-10H2,1H3. The van der Waals surface area contributed by atoms with Gasteiger partial charge in [-0.1, -0.05) is 12.1 Å². The highest BCUT2D eigenvalue weighted by Crippen LogP contribution is 2.18. The van der Waals surface area contributed by atoms with Crippen molar-refractivity contribution < 1.29 is 4.39 Å². The summed E-state index contributed by atoms with van der Waals surface area (Å²) in [4.78, 5) is 13.2. The summed E-state index contributed by atoms with van der Waals surface area (Å²) >= 11 is 0. The van der Waals surface area contributed by atoms with Crippen LogP contribution in [0.5, 0.6) is 0 Å². The maximum absolute atomic E-state index is 12.8. The summed E-state index contributed by atoms with van der Waals surface area (Å²) in [5.74, 6) is -0.261. The third-order valence-corrected chi connectivity index (χ3v) is 3.47. The van der Waals surface area contributed by atoms with Gasteiger partial charge in [0.15, 0.2) is 0 Å². The largest absolute Gasteiger partial charge is 0.306 e. The van der Waals surface area contributed by atoms with Gasteiger partial charge in [-0.05, 0) is 50.7 Å². The minimum Gasteiger partial charge on any atom is -0.306 e. The SMILES string of the molecule is CN1CCC(N(Cc2ccc(F)cc2)N=O)CC1. The van der Waals surface area contributed by atoms with Gasteiger partial charge >= 0.3 is 0 Å². The predicted molar refractivity (Wildman–Crippen MR) is 68.3 cm³/mol. The molecule has 5 heteroatoms. The molecule has 0 radical (unpaired) electrons. The number of nitroso groups, excluding NO2 is 1. The highest BCUT2D eigenvalue weighted by molar-refractivity contribution is 5.15. The highest BCUT2D eigenvalue weighted by Gasteiger charge is 2.23. The Bertz CT molecular complexity index is 388. The fourth-order valence-corrected chi connectivity index (χ4v) is 2.29. The summed E-state index contributed by atoms with van der Waals surface area (Å²) in [6, 6.07) is 6.41. The summed E-state index contributed by atoms with van der Waals surface area (Å²) in [7, 11) is 2.08. The molecule has 1 heterocycles. The van der Waals surface area contributed by atoms with Crippen LogP contribution in [0, 0.1) is 10.7 Å². The van der Waals surface area contributed by atoms with E-state index in [2.05, 4.69) is 17.2 Å². The van der Waals surface area contributed by atoms with Crippen molar-refractivity contribution in [2.24, 2.45) is 5.29 Å². The maximum atomic E-state index is 12.8. The summed E-state index contributed by atoms with van der Waals surface area (Å²) in [5, 5.41) is 4.71. The molecule has 0 amide bonds. The molecular formula is C13H18FN3O. The van der Waals surface area contributed by atoms with Gasteiger partial charge in [0.2, 0.25) is 0 Å². The van der Waals surface area contributed by atoms with Gasteiger partial charge in [-0.25, -0.2) is 4.39 Å². The Balaban J connectivity index is 1.96. The van der Waals surface area contributed by atoms with Crippen LogP contribution in [0.2, 0.25) is 0 Å². The van der Waals surface area contributed by atoms with E-state index in [4.69, 9.17) is 0 Å². The number of benzene rings is 1. The molecular weight excluding hydrogens is 233 g/mol. The molecule has 0 atom stereocenters. The molecule has 1 aromatic carbocycles. The van der Waals surface area contributed by atoms with Gasteiger partial charge in [0.25, 0.3) is 0 Å². The van der Waals surface area contributed by atoms with Gasteiger partial charge in [-0.2, -0.15) is 0 Å². The van der Waals surface area contributed by atoms with E-state index >= 15 is 0 Å². The van der Waals surface area contributed by atoms with Crippen molar-refractivity contribution in [2.45, 2.75) is 25.4 Å². The highest BCUT2D eigenvalue weighted by atomic mass is 19.1. The van der Waals surface area contributed by atoms with Crippen molar-refractivity contribution in [1.29, 1.82) is 0 Å². The maximum Gasteiger partial charge on any atom is 0.123 e. The van der Waals surface area contributed by atoms with Crippen LogP contribution in [0.15, 0.2) is 29.6 Å². The molecule has 0 N–H and O–H groups in total. The fourth-order valence-electron chi connectivity index (χ4n) is 2.29. The van der Waals surface area contributed by atoms with Crippen molar-refractivity contribution in [3.8, 4) is 0 Å². The molecule has 18 heavy (non-hydrogen) atoms. The molecule has 0 saturated carbocycles. The zero-order valence-electron chi connectivity index (χ0n) is 10.6. The Morgan fingerprint density at radius 1 is 1.33 bits per heavy atom. The average molecular weight is 251 g/mol. The second-order valence-electron chi connectivity index (χ2n) is 4.84. The minimum atomic E-state index is -0.261. The number of hydrogen-bond donors (Lipinski definition) is 0. The molecule has 2 rings (SSSR count). The molecule has 1 aromatic rings. The van der Waals surface area contributed by atoms with E-state index in [0.717, 1.165) is 31.5 Å². The van der Waals surface area contributed by atoms with E-state index in [1.807, 2.05) is 0 Å². The normalized spacial score (nSPS) is 17.7. The van der Waals surface area contributed by atoms with Crippen LogP contribution in [-0.4, -0.2) is 36.1 Å². The Hall–Kier alpha value is -1.49. The fraction of sp³-hybridized carbons (Fsp3) is 0.538. The van der Waals surface area contributed by atoms with Crippen molar-refractivity contribution >= 4 is 0 Å². The summed E-state index contributed by atoms with van der Waals surface area (Å²) < 4.78 is 12.8. The molecule has 0 spiro atoms. The van der Waals surface area contributed by atoms with E-state index in [0.29, 0.717) is 6.54 Å². The quantitative estimate of drug-likeness (QED) is 0.609. The Morgan fingerprint density at radius 2 is 1.94 bits per heavy atom. The first-order chi connectivity index (χ1) is 8.69. The molecule has 1 saturated heterocycles. The number of rotatable bonds is 4. The van der Waals surface area contributed by atoms with Gasteiger partial charge in [0.1, 0.15) is 5.82 Å².